The number of carbonyl (C=O) groups is 1. The Morgan fingerprint density at radius 3 is 2.97 bits per heavy atom. The summed E-state index contributed by atoms with van der Waals surface area (Å²) in [4.78, 5) is 26.0. The summed E-state index contributed by atoms with van der Waals surface area (Å²) in [5.41, 5.74) is 9.71. The van der Waals surface area contributed by atoms with E-state index >= 15 is 0 Å². The van der Waals surface area contributed by atoms with Crippen molar-refractivity contribution < 1.29 is 9.53 Å². The highest BCUT2D eigenvalue weighted by molar-refractivity contribution is 6.11. The number of allylic oxidation sites excluding steroid dienone is 1. The molecule has 1 aromatic carbocycles. The Kier molecular flexibility index (Phi) is 5.29. The first-order chi connectivity index (χ1) is 16.0. The summed E-state index contributed by atoms with van der Waals surface area (Å²) in [6.45, 7) is 5.27. The Bertz CT molecular complexity index is 1270. The molecule has 4 N–H and O–H groups in total. The van der Waals surface area contributed by atoms with Gasteiger partial charge in [0.15, 0.2) is 5.65 Å². The highest BCUT2D eigenvalue weighted by atomic mass is 16.5. The van der Waals surface area contributed by atoms with E-state index in [1.54, 1.807) is 23.1 Å². The average molecular weight is 447 g/mol. The van der Waals surface area contributed by atoms with Gasteiger partial charge in [-0.15, -0.1) is 5.10 Å². The Hall–Kier alpha value is -3.79. The highest BCUT2D eigenvalue weighted by Crippen LogP contribution is 2.38. The molecule has 3 aromatic rings. The zero-order chi connectivity index (χ0) is 23.0. The van der Waals surface area contributed by atoms with E-state index in [4.69, 9.17) is 10.5 Å². The molecule has 0 saturated carbocycles. The molecular weight excluding hydrogens is 420 g/mol. The maximum Gasteiger partial charge on any atom is 0.247 e. The standard InChI is InChI=1S/C23H26N8O2/c1-23(2)17-4-3-16(11-18(17)28-21(23)32)27-22-29-20-19(25-7-8-31(20)30-22)14(12-24)13-26-15-5-9-33-10-6-15/h3-4,7-8,11-13,15H,5-6,9-10,24H2,1-2H3,(H,27,30)(H,28,32). The van der Waals surface area contributed by atoms with Crippen molar-refractivity contribution in [1.82, 2.24) is 19.6 Å². The van der Waals surface area contributed by atoms with Gasteiger partial charge in [0.2, 0.25) is 11.9 Å². The average Bonchev–Trinajstić information content (AvgIpc) is 3.32. The van der Waals surface area contributed by atoms with Gasteiger partial charge in [0.1, 0.15) is 5.69 Å². The minimum absolute atomic E-state index is 0.0141. The Balaban J connectivity index is 1.41. The summed E-state index contributed by atoms with van der Waals surface area (Å²) in [5, 5.41) is 10.7. The lowest BCUT2D eigenvalue weighted by molar-refractivity contribution is -0.119. The predicted octanol–water partition coefficient (Wildman–Crippen LogP) is 2.65. The molecule has 10 heteroatoms. The van der Waals surface area contributed by atoms with Crippen molar-refractivity contribution in [3.63, 3.8) is 0 Å². The lowest BCUT2D eigenvalue weighted by Crippen LogP contribution is -2.26. The van der Waals surface area contributed by atoms with Crippen molar-refractivity contribution >= 4 is 40.7 Å². The first-order valence-corrected chi connectivity index (χ1v) is 10.9. The van der Waals surface area contributed by atoms with Gasteiger partial charge in [-0.25, -0.2) is 4.52 Å². The Morgan fingerprint density at radius 2 is 2.18 bits per heavy atom. The number of benzene rings is 1. The Morgan fingerprint density at radius 1 is 1.36 bits per heavy atom. The fourth-order valence-corrected chi connectivity index (χ4v) is 4.08. The first-order valence-electron chi connectivity index (χ1n) is 10.9. The summed E-state index contributed by atoms with van der Waals surface area (Å²) in [7, 11) is 0. The molecule has 170 valence electrons. The van der Waals surface area contributed by atoms with Crippen LogP contribution >= 0.6 is 0 Å². The number of carbonyl (C=O) groups excluding carboxylic acids is 1. The second-order valence-electron chi connectivity index (χ2n) is 8.69. The summed E-state index contributed by atoms with van der Waals surface area (Å²) < 4.78 is 7.04. The molecule has 0 unspecified atom stereocenters. The molecule has 2 aliphatic heterocycles. The number of nitrogens with one attached hydrogen (secondary N) is 2. The van der Waals surface area contributed by atoms with Gasteiger partial charge in [-0.2, -0.15) is 4.98 Å². The van der Waals surface area contributed by atoms with Gasteiger partial charge in [0.05, 0.1) is 11.5 Å². The fraction of sp³-hybridized carbons (Fsp3) is 0.348. The molecule has 0 aliphatic carbocycles. The van der Waals surface area contributed by atoms with Crippen molar-refractivity contribution in [2.75, 3.05) is 23.8 Å². The van der Waals surface area contributed by atoms with Crippen LogP contribution in [0.1, 0.15) is 37.9 Å². The summed E-state index contributed by atoms with van der Waals surface area (Å²) >= 11 is 0. The van der Waals surface area contributed by atoms with Crippen LogP contribution in [0.4, 0.5) is 17.3 Å². The van der Waals surface area contributed by atoms with Gasteiger partial charge >= 0.3 is 0 Å². The lowest BCUT2D eigenvalue weighted by Gasteiger charge is -2.18. The van der Waals surface area contributed by atoms with Crippen molar-refractivity contribution in [2.24, 2.45) is 10.7 Å². The molecule has 5 rings (SSSR count). The monoisotopic (exact) mass is 446 g/mol. The van der Waals surface area contributed by atoms with Crippen LogP contribution in [0.5, 0.6) is 0 Å². The SMILES string of the molecule is CC1(C)C(=O)Nc2cc(Nc3nc4c(C(C=NC5CCOCC5)=CN)nccn4n3)ccc21. The van der Waals surface area contributed by atoms with Gasteiger partial charge in [-0.05, 0) is 44.4 Å². The number of nitrogens with zero attached hydrogens (tertiary/aromatic N) is 5. The lowest BCUT2D eigenvalue weighted by atomic mass is 9.86. The summed E-state index contributed by atoms with van der Waals surface area (Å²) in [6, 6.07) is 5.96. The molecule has 4 heterocycles. The first kappa shape index (κ1) is 21.1. The molecule has 10 nitrogen and oxygen atoms in total. The highest BCUT2D eigenvalue weighted by Gasteiger charge is 2.38. The van der Waals surface area contributed by atoms with E-state index in [9.17, 15) is 4.79 Å². The molecule has 2 aliphatic rings. The van der Waals surface area contributed by atoms with Crippen LogP contribution in [0.2, 0.25) is 0 Å². The molecule has 2 aromatic heterocycles. The van der Waals surface area contributed by atoms with E-state index in [1.807, 2.05) is 32.0 Å². The number of aromatic nitrogens is 4. The largest absolute Gasteiger partial charge is 0.404 e. The summed E-state index contributed by atoms with van der Waals surface area (Å²) in [6.07, 6.45) is 8.40. The molecule has 33 heavy (non-hydrogen) atoms. The smallest absolute Gasteiger partial charge is 0.247 e. The van der Waals surface area contributed by atoms with E-state index in [1.165, 1.54) is 6.20 Å². The van der Waals surface area contributed by atoms with E-state index < -0.39 is 5.41 Å². The molecule has 0 bridgehead atoms. The number of hydrogen-bond donors (Lipinski definition) is 3. The van der Waals surface area contributed by atoms with Crippen molar-refractivity contribution in [1.29, 1.82) is 0 Å². The maximum atomic E-state index is 12.2. The molecule has 1 fully saturated rings. The number of anilines is 3. The Labute approximate surface area is 191 Å². The number of hydrogen-bond acceptors (Lipinski definition) is 8. The molecule has 1 amide bonds. The predicted molar refractivity (Wildman–Crippen MR) is 127 cm³/mol. The normalized spacial score (nSPS) is 18.6. The minimum atomic E-state index is -0.549. The van der Waals surface area contributed by atoms with Crippen molar-refractivity contribution in [3.8, 4) is 0 Å². The third kappa shape index (κ3) is 3.93. The number of rotatable bonds is 5. The quantitative estimate of drug-likeness (QED) is 0.513. The minimum Gasteiger partial charge on any atom is -0.404 e. The molecule has 0 radical (unpaired) electrons. The topological polar surface area (TPSA) is 132 Å². The van der Waals surface area contributed by atoms with Gasteiger partial charge < -0.3 is 21.1 Å². The van der Waals surface area contributed by atoms with Crippen molar-refractivity contribution in [2.45, 2.75) is 38.1 Å². The number of ether oxygens (including phenoxy) is 1. The van der Waals surface area contributed by atoms with E-state index in [2.05, 4.69) is 30.7 Å². The van der Waals surface area contributed by atoms with Crippen LogP contribution in [0.3, 0.4) is 0 Å². The zero-order valence-electron chi connectivity index (χ0n) is 18.6. The molecule has 1 saturated heterocycles. The third-order valence-corrected chi connectivity index (χ3v) is 6.09. The van der Waals surface area contributed by atoms with Crippen LogP contribution in [-0.4, -0.2) is 51.0 Å². The molecule has 0 atom stereocenters. The second kappa shape index (κ2) is 8.28. The van der Waals surface area contributed by atoms with Gasteiger partial charge in [0.25, 0.3) is 0 Å². The molecule has 0 spiro atoms. The van der Waals surface area contributed by atoms with E-state index in [0.29, 0.717) is 22.9 Å². The van der Waals surface area contributed by atoms with Crippen LogP contribution in [0.15, 0.2) is 41.8 Å². The number of aliphatic imine (C=N–C) groups is 1. The number of amides is 1. The van der Waals surface area contributed by atoms with Crippen LogP contribution in [0, 0.1) is 0 Å². The molecular formula is C23H26N8O2. The number of nitrogens with two attached hydrogens (primary N) is 1. The second-order valence-corrected chi connectivity index (χ2v) is 8.69. The van der Waals surface area contributed by atoms with Gasteiger partial charge in [-0.1, -0.05) is 6.07 Å². The van der Waals surface area contributed by atoms with E-state index in [-0.39, 0.29) is 11.9 Å². The fourth-order valence-electron chi connectivity index (χ4n) is 4.08. The van der Waals surface area contributed by atoms with Gasteiger partial charge in [0, 0.05) is 55.0 Å². The van der Waals surface area contributed by atoms with Crippen LogP contribution in [-0.2, 0) is 14.9 Å². The van der Waals surface area contributed by atoms with Crippen molar-refractivity contribution in [3.05, 3.63) is 48.1 Å². The van der Waals surface area contributed by atoms with Gasteiger partial charge in [-0.3, -0.25) is 14.8 Å². The van der Waals surface area contributed by atoms with E-state index in [0.717, 1.165) is 43.0 Å². The maximum absolute atomic E-state index is 12.2. The van der Waals surface area contributed by atoms with Crippen LogP contribution < -0.4 is 16.4 Å². The summed E-state index contributed by atoms with van der Waals surface area (Å²) in [5.74, 6) is 0.394. The number of fused-ring (bicyclic) bond motifs is 2. The third-order valence-electron chi connectivity index (χ3n) is 6.09. The van der Waals surface area contributed by atoms with Crippen LogP contribution in [0.25, 0.3) is 11.2 Å². The zero-order valence-corrected chi connectivity index (χ0v) is 18.6.